The molecule has 2 aromatic rings. The second kappa shape index (κ2) is 6.36. The average molecular weight is 302 g/mol. The monoisotopic (exact) mass is 302 g/mol. The predicted molar refractivity (Wildman–Crippen MR) is 70.1 cm³/mol. The smallest absolute Gasteiger partial charge is 0.395 e. The zero-order chi connectivity index (χ0) is 15.5. The van der Waals surface area contributed by atoms with E-state index in [1.54, 1.807) is 12.1 Å². The zero-order valence-electron chi connectivity index (χ0n) is 11.1. The van der Waals surface area contributed by atoms with E-state index in [0.717, 1.165) is 4.90 Å². The van der Waals surface area contributed by atoms with Crippen LogP contribution >= 0.6 is 0 Å². The van der Waals surface area contributed by atoms with Crippen molar-refractivity contribution in [1.82, 2.24) is 9.88 Å². The van der Waals surface area contributed by atoms with Crippen molar-refractivity contribution in [2.24, 2.45) is 0 Å². The van der Waals surface area contributed by atoms with Gasteiger partial charge in [-0.1, -0.05) is 6.07 Å². The maximum atomic E-state index is 13.6. The molecule has 0 fully saturated rings. The molecule has 1 aromatic heterocycles. The lowest BCUT2D eigenvalue weighted by molar-refractivity contribution is -0.147. The number of hydrogen-bond donors (Lipinski definition) is 1. The van der Waals surface area contributed by atoms with Crippen LogP contribution in [0, 0.1) is 5.82 Å². The van der Waals surface area contributed by atoms with Gasteiger partial charge in [-0.25, -0.2) is 4.39 Å². The second-order valence-corrected chi connectivity index (χ2v) is 4.69. The molecule has 114 valence electrons. The van der Waals surface area contributed by atoms with Crippen molar-refractivity contribution in [3.63, 3.8) is 0 Å². The van der Waals surface area contributed by atoms with Crippen molar-refractivity contribution in [3.05, 3.63) is 41.8 Å². The Morgan fingerprint density at radius 1 is 1.24 bits per heavy atom. The number of pyridine rings is 1. The van der Waals surface area contributed by atoms with E-state index in [1.165, 1.54) is 18.3 Å². The van der Waals surface area contributed by atoms with Gasteiger partial charge in [-0.05, 0) is 23.8 Å². The summed E-state index contributed by atoms with van der Waals surface area (Å²) in [5.41, 5.74) is 0.826. The molecule has 0 aliphatic carbocycles. The predicted octanol–water partition coefficient (Wildman–Crippen LogP) is 2.73. The Kier molecular flexibility index (Phi) is 4.74. The van der Waals surface area contributed by atoms with Crippen LogP contribution < -0.4 is 0 Å². The van der Waals surface area contributed by atoms with Crippen LogP contribution in [0.5, 0.6) is 0 Å². The quantitative estimate of drug-likeness (QED) is 0.863. The van der Waals surface area contributed by atoms with Gasteiger partial charge in [0.05, 0.1) is 18.7 Å². The number of nitrogens with zero attached hydrogens (tertiary/aromatic N) is 2. The van der Waals surface area contributed by atoms with Crippen LogP contribution in [0.4, 0.5) is 17.6 Å². The van der Waals surface area contributed by atoms with Gasteiger partial charge >= 0.3 is 6.18 Å². The Hall–Kier alpha value is -1.73. The molecule has 0 radical (unpaired) electrons. The van der Waals surface area contributed by atoms with Gasteiger partial charge in [0.2, 0.25) is 0 Å². The molecule has 0 aliphatic heterocycles. The molecule has 21 heavy (non-hydrogen) atoms. The van der Waals surface area contributed by atoms with E-state index in [-0.39, 0.29) is 13.1 Å². The molecular formula is C14H14F4N2O. The van der Waals surface area contributed by atoms with E-state index in [4.69, 9.17) is 5.11 Å². The molecule has 0 saturated heterocycles. The summed E-state index contributed by atoms with van der Waals surface area (Å²) < 4.78 is 51.1. The fourth-order valence-electron chi connectivity index (χ4n) is 2.20. The van der Waals surface area contributed by atoms with Crippen LogP contribution in [0.1, 0.15) is 5.56 Å². The van der Waals surface area contributed by atoms with Gasteiger partial charge in [-0.15, -0.1) is 0 Å². The third-order valence-electron chi connectivity index (χ3n) is 2.96. The normalized spacial score (nSPS) is 12.3. The summed E-state index contributed by atoms with van der Waals surface area (Å²) in [7, 11) is 0. The summed E-state index contributed by atoms with van der Waals surface area (Å²) in [4.78, 5) is 5.11. The molecule has 1 aromatic carbocycles. The van der Waals surface area contributed by atoms with E-state index >= 15 is 0 Å². The van der Waals surface area contributed by atoms with Crippen LogP contribution in [0.15, 0.2) is 30.5 Å². The summed E-state index contributed by atoms with van der Waals surface area (Å²) >= 11 is 0. The van der Waals surface area contributed by atoms with Crippen molar-refractivity contribution >= 4 is 10.9 Å². The summed E-state index contributed by atoms with van der Waals surface area (Å²) in [6.07, 6.45) is -2.88. The number of fused-ring (bicyclic) bond motifs is 1. The number of alkyl halides is 3. The molecule has 0 bridgehead atoms. The Bertz CT molecular complexity index is 615. The highest BCUT2D eigenvalue weighted by atomic mass is 19.4. The molecule has 7 heteroatoms. The minimum Gasteiger partial charge on any atom is -0.395 e. The van der Waals surface area contributed by atoms with E-state index in [1.807, 2.05) is 0 Å². The van der Waals surface area contributed by atoms with E-state index < -0.39 is 25.1 Å². The Balaban J connectivity index is 2.31. The number of halogens is 4. The van der Waals surface area contributed by atoms with Gasteiger partial charge < -0.3 is 5.11 Å². The highest BCUT2D eigenvalue weighted by molar-refractivity contribution is 5.81. The van der Waals surface area contributed by atoms with Crippen molar-refractivity contribution in [1.29, 1.82) is 0 Å². The van der Waals surface area contributed by atoms with Crippen molar-refractivity contribution in [2.45, 2.75) is 12.7 Å². The highest BCUT2D eigenvalue weighted by Gasteiger charge is 2.30. The number of aliphatic hydroxyl groups excluding tert-OH is 1. The van der Waals surface area contributed by atoms with Gasteiger partial charge in [0.25, 0.3) is 0 Å². The van der Waals surface area contributed by atoms with Gasteiger partial charge in [-0.3, -0.25) is 9.88 Å². The van der Waals surface area contributed by atoms with Gasteiger partial charge in [0.15, 0.2) is 0 Å². The summed E-state index contributed by atoms with van der Waals surface area (Å²) in [6, 6.07) is 5.74. The molecule has 3 nitrogen and oxygen atoms in total. The minimum absolute atomic E-state index is 0.134. The molecule has 0 amide bonds. The third-order valence-corrected chi connectivity index (χ3v) is 2.96. The molecule has 0 unspecified atom stereocenters. The van der Waals surface area contributed by atoms with E-state index in [0.29, 0.717) is 16.5 Å². The van der Waals surface area contributed by atoms with Crippen LogP contribution in [0.25, 0.3) is 10.9 Å². The number of benzene rings is 1. The molecular weight excluding hydrogens is 288 g/mol. The Morgan fingerprint density at radius 2 is 2.00 bits per heavy atom. The lowest BCUT2D eigenvalue weighted by Crippen LogP contribution is -2.35. The Labute approximate surface area is 118 Å². The SMILES string of the molecule is OCCN(Cc1cc(F)cc2cccnc12)CC(F)(F)F. The van der Waals surface area contributed by atoms with Crippen LogP contribution in [-0.2, 0) is 6.54 Å². The number of aliphatic hydroxyl groups is 1. The fourth-order valence-corrected chi connectivity index (χ4v) is 2.20. The Morgan fingerprint density at radius 3 is 2.67 bits per heavy atom. The summed E-state index contributed by atoms with van der Waals surface area (Å²) in [5, 5.41) is 9.41. The maximum absolute atomic E-state index is 13.6. The first-order valence-electron chi connectivity index (χ1n) is 6.32. The van der Waals surface area contributed by atoms with Gasteiger partial charge in [-0.2, -0.15) is 13.2 Å². The third kappa shape index (κ3) is 4.37. The zero-order valence-corrected chi connectivity index (χ0v) is 11.1. The number of aromatic nitrogens is 1. The standard InChI is InChI=1S/C14H14F4N2O/c15-12-6-10-2-1-3-19-13(10)11(7-12)8-20(4-5-21)9-14(16,17)18/h1-3,6-7,21H,4-5,8-9H2. The summed E-state index contributed by atoms with van der Waals surface area (Å²) in [6.45, 7) is -1.86. The topological polar surface area (TPSA) is 36.4 Å². The molecule has 0 saturated carbocycles. The molecule has 0 atom stereocenters. The van der Waals surface area contributed by atoms with Gasteiger partial charge in [0.1, 0.15) is 5.82 Å². The van der Waals surface area contributed by atoms with Crippen molar-refractivity contribution in [2.75, 3.05) is 19.7 Å². The maximum Gasteiger partial charge on any atom is 0.401 e. The van der Waals surface area contributed by atoms with Gasteiger partial charge in [0, 0.05) is 24.7 Å². The second-order valence-electron chi connectivity index (χ2n) is 4.69. The number of hydrogen-bond acceptors (Lipinski definition) is 3. The molecule has 2 rings (SSSR count). The van der Waals surface area contributed by atoms with Crippen molar-refractivity contribution < 1.29 is 22.7 Å². The first kappa shape index (κ1) is 15.7. The minimum atomic E-state index is -4.38. The molecule has 0 aliphatic rings. The van der Waals surface area contributed by atoms with Crippen LogP contribution in [0.2, 0.25) is 0 Å². The molecule has 1 N–H and O–H groups in total. The molecule has 1 heterocycles. The largest absolute Gasteiger partial charge is 0.401 e. The fraction of sp³-hybridized carbons (Fsp3) is 0.357. The van der Waals surface area contributed by atoms with Crippen LogP contribution in [0.3, 0.4) is 0 Å². The van der Waals surface area contributed by atoms with Crippen LogP contribution in [-0.4, -0.2) is 40.9 Å². The molecule has 0 spiro atoms. The highest BCUT2D eigenvalue weighted by Crippen LogP contribution is 2.22. The first-order valence-corrected chi connectivity index (χ1v) is 6.32. The van der Waals surface area contributed by atoms with E-state index in [2.05, 4.69) is 4.98 Å². The first-order chi connectivity index (χ1) is 9.89. The lowest BCUT2D eigenvalue weighted by Gasteiger charge is -2.23. The lowest BCUT2D eigenvalue weighted by atomic mass is 10.1. The number of rotatable bonds is 5. The summed E-state index contributed by atoms with van der Waals surface area (Å²) in [5.74, 6) is -0.526. The van der Waals surface area contributed by atoms with Crippen molar-refractivity contribution in [3.8, 4) is 0 Å². The van der Waals surface area contributed by atoms with E-state index in [9.17, 15) is 17.6 Å². The average Bonchev–Trinajstić information content (AvgIpc) is 2.36.